The van der Waals surface area contributed by atoms with Crippen LogP contribution in [0.5, 0.6) is 5.75 Å². The minimum atomic E-state index is 0.187. The molecule has 0 aromatic heterocycles. The third-order valence-electron chi connectivity index (χ3n) is 2.64. The molecule has 1 aliphatic heterocycles. The number of nitrogens with one attached hydrogen (secondary N) is 1. The van der Waals surface area contributed by atoms with E-state index in [2.05, 4.69) is 11.4 Å². The van der Waals surface area contributed by atoms with Crippen LogP contribution in [0.15, 0.2) is 18.2 Å². The van der Waals surface area contributed by atoms with Crippen LogP contribution in [0.3, 0.4) is 0 Å². The van der Waals surface area contributed by atoms with Crippen molar-refractivity contribution in [2.75, 3.05) is 13.1 Å². The van der Waals surface area contributed by atoms with Crippen LogP contribution in [-0.4, -0.2) is 19.2 Å². The number of benzene rings is 1. The van der Waals surface area contributed by atoms with Crippen LogP contribution < -0.4 is 10.1 Å². The molecule has 3 nitrogen and oxygen atoms in total. The van der Waals surface area contributed by atoms with Crippen LogP contribution in [-0.2, 0) is 0 Å². The molecule has 16 heavy (non-hydrogen) atoms. The van der Waals surface area contributed by atoms with E-state index in [9.17, 15) is 0 Å². The van der Waals surface area contributed by atoms with Crippen molar-refractivity contribution in [2.24, 2.45) is 0 Å². The van der Waals surface area contributed by atoms with Gasteiger partial charge in [-0.3, -0.25) is 0 Å². The van der Waals surface area contributed by atoms with E-state index in [1.54, 1.807) is 18.2 Å². The molecule has 4 heteroatoms. The summed E-state index contributed by atoms with van der Waals surface area (Å²) in [5, 5.41) is 12.8. The van der Waals surface area contributed by atoms with Gasteiger partial charge in [0.05, 0.1) is 5.56 Å². The topological polar surface area (TPSA) is 45.0 Å². The highest BCUT2D eigenvalue weighted by atomic mass is 35.5. The number of ether oxygens (including phenoxy) is 1. The molecule has 1 aromatic carbocycles. The highest BCUT2D eigenvalue weighted by Gasteiger charge is 2.16. The standard InChI is InChI=1S/C12H13ClN2O/c13-10-2-1-9(8-14)12(7-10)16-11-3-5-15-6-4-11/h1-2,7,11,15H,3-6H2. The Morgan fingerprint density at radius 2 is 2.12 bits per heavy atom. The molecule has 0 radical (unpaired) electrons. The van der Waals surface area contributed by atoms with Gasteiger partial charge in [0.2, 0.25) is 0 Å². The van der Waals surface area contributed by atoms with Crippen LogP contribution in [0.25, 0.3) is 0 Å². The van der Waals surface area contributed by atoms with Crippen molar-refractivity contribution in [1.29, 1.82) is 5.26 Å². The van der Waals surface area contributed by atoms with E-state index in [0.717, 1.165) is 25.9 Å². The monoisotopic (exact) mass is 236 g/mol. The van der Waals surface area contributed by atoms with Crippen molar-refractivity contribution in [2.45, 2.75) is 18.9 Å². The molecule has 0 spiro atoms. The van der Waals surface area contributed by atoms with Gasteiger partial charge in [-0.1, -0.05) is 11.6 Å². The number of hydrogen-bond donors (Lipinski definition) is 1. The summed E-state index contributed by atoms with van der Waals surface area (Å²) >= 11 is 5.89. The van der Waals surface area contributed by atoms with E-state index in [0.29, 0.717) is 16.3 Å². The Morgan fingerprint density at radius 1 is 1.38 bits per heavy atom. The molecule has 0 saturated carbocycles. The first-order chi connectivity index (χ1) is 7.79. The first-order valence-corrected chi connectivity index (χ1v) is 5.74. The van der Waals surface area contributed by atoms with Crippen molar-refractivity contribution in [3.05, 3.63) is 28.8 Å². The van der Waals surface area contributed by atoms with Gasteiger partial charge in [0, 0.05) is 11.1 Å². The fourth-order valence-electron chi connectivity index (χ4n) is 1.78. The van der Waals surface area contributed by atoms with Gasteiger partial charge < -0.3 is 10.1 Å². The first kappa shape index (κ1) is 11.3. The summed E-state index contributed by atoms with van der Waals surface area (Å²) in [7, 11) is 0. The molecule has 2 rings (SSSR count). The van der Waals surface area contributed by atoms with Gasteiger partial charge in [-0.25, -0.2) is 0 Å². The van der Waals surface area contributed by atoms with Gasteiger partial charge in [0.15, 0.2) is 0 Å². The van der Waals surface area contributed by atoms with Crippen LogP contribution in [0.2, 0.25) is 5.02 Å². The van der Waals surface area contributed by atoms with Gasteiger partial charge in [0.25, 0.3) is 0 Å². The molecule has 84 valence electrons. The highest BCUT2D eigenvalue weighted by molar-refractivity contribution is 6.30. The van der Waals surface area contributed by atoms with Crippen LogP contribution in [0.1, 0.15) is 18.4 Å². The van der Waals surface area contributed by atoms with Gasteiger partial charge in [-0.05, 0) is 38.1 Å². The lowest BCUT2D eigenvalue weighted by molar-refractivity contribution is 0.162. The number of halogens is 1. The molecule has 1 aromatic rings. The van der Waals surface area contributed by atoms with E-state index in [1.807, 2.05) is 0 Å². The minimum absolute atomic E-state index is 0.187. The normalized spacial score (nSPS) is 16.8. The summed E-state index contributed by atoms with van der Waals surface area (Å²) in [5.41, 5.74) is 0.544. The molecule has 1 saturated heterocycles. The molecule has 0 amide bonds. The summed E-state index contributed by atoms with van der Waals surface area (Å²) < 4.78 is 5.81. The first-order valence-electron chi connectivity index (χ1n) is 5.36. The lowest BCUT2D eigenvalue weighted by atomic mass is 10.1. The van der Waals surface area contributed by atoms with E-state index < -0.39 is 0 Å². The maximum Gasteiger partial charge on any atom is 0.138 e. The van der Waals surface area contributed by atoms with Gasteiger partial charge >= 0.3 is 0 Å². The number of piperidine rings is 1. The third kappa shape index (κ3) is 2.66. The molecule has 0 aliphatic carbocycles. The second-order valence-electron chi connectivity index (χ2n) is 3.82. The van der Waals surface area contributed by atoms with Crippen molar-refractivity contribution in [3.8, 4) is 11.8 Å². The minimum Gasteiger partial charge on any atom is -0.489 e. The molecule has 1 fully saturated rings. The maximum absolute atomic E-state index is 8.95. The Hall–Kier alpha value is -1.24. The molecule has 0 atom stereocenters. The molecule has 1 aliphatic rings. The van der Waals surface area contributed by atoms with E-state index in [1.165, 1.54) is 0 Å². The second-order valence-corrected chi connectivity index (χ2v) is 4.26. The SMILES string of the molecule is N#Cc1ccc(Cl)cc1OC1CCNCC1. The Balaban J connectivity index is 2.13. The zero-order chi connectivity index (χ0) is 11.4. The lowest BCUT2D eigenvalue weighted by Crippen LogP contribution is -2.34. The summed E-state index contributed by atoms with van der Waals surface area (Å²) in [6.45, 7) is 1.93. The Morgan fingerprint density at radius 3 is 2.81 bits per heavy atom. The second kappa shape index (κ2) is 5.20. The fourth-order valence-corrected chi connectivity index (χ4v) is 1.94. The fraction of sp³-hybridized carbons (Fsp3) is 0.417. The van der Waals surface area contributed by atoms with E-state index in [4.69, 9.17) is 21.6 Å². The van der Waals surface area contributed by atoms with Crippen LogP contribution in [0, 0.1) is 11.3 Å². The molecular weight excluding hydrogens is 224 g/mol. The molecular formula is C12H13ClN2O. The zero-order valence-corrected chi connectivity index (χ0v) is 9.63. The van der Waals surface area contributed by atoms with E-state index in [-0.39, 0.29) is 6.10 Å². The summed E-state index contributed by atoms with van der Waals surface area (Å²) in [6.07, 6.45) is 2.13. The van der Waals surface area contributed by atoms with Crippen molar-refractivity contribution >= 4 is 11.6 Å². The van der Waals surface area contributed by atoms with Crippen molar-refractivity contribution < 1.29 is 4.74 Å². The number of rotatable bonds is 2. The molecule has 0 unspecified atom stereocenters. The van der Waals surface area contributed by atoms with Gasteiger partial charge in [-0.15, -0.1) is 0 Å². The van der Waals surface area contributed by atoms with Crippen LogP contribution >= 0.6 is 11.6 Å². The van der Waals surface area contributed by atoms with Gasteiger partial charge in [-0.2, -0.15) is 5.26 Å². The number of hydrogen-bond acceptors (Lipinski definition) is 3. The largest absolute Gasteiger partial charge is 0.489 e. The zero-order valence-electron chi connectivity index (χ0n) is 8.87. The molecule has 1 heterocycles. The molecule has 1 N–H and O–H groups in total. The predicted molar refractivity (Wildman–Crippen MR) is 62.7 cm³/mol. The third-order valence-corrected chi connectivity index (χ3v) is 2.88. The molecule has 0 bridgehead atoms. The number of nitrogens with zero attached hydrogens (tertiary/aromatic N) is 1. The van der Waals surface area contributed by atoms with Gasteiger partial charge in [0.1, 0.15) is 17.9 Å². The predicted octanol–water partition coefficient (Wildman–Crippen LogP) is 2.34. The Kier molecular flexibility index (Phi) is 3.66. The van der Waals surface area contributed by atoms with Crippen LogP contribution in [0.4, 0.5) is 0 Å². The number of nitriles is 1. The lowest BCUT2D eigenvalue weighted by Gasteiger charge is -2.24. The smallest absolute Gasteiger partial charge is 0.138 e. The average molecular weight is 237 g/mol. The van der Waals surface area contributed by atoms with Crippen molar-refractivity contribution in [3.63, 3.8) is 0 Å². The Bertz CT molecular complexity index is 408. The van der Waals surface area contributed by atoms with E-state index >= 15 is 0 Å². The highest BCUT2D eigenvalue weighted by Crippen LogP contribution is 2.25. The average Bonchev–Trinajstić information content (AvgIpc) is 2.31. The summed E-state index contributed by atoms with van der Waals surface area (Å²) in [5.74, 6) is 0.599. The quantitative estimate of drug-likeness (QED) is 0.857. The van der Waals surface area contributed by atoms with Crippen molar-refractivity contribution in [1.82, 2.24) is 5.32 Å². The maximum atomic E-state index is 8.95. The Labute approximate surface area is 100.0 Å². The summed E-state index contributed by atoms with van der Waals surface area (Å²) in [6, 6.07) is 7.22. The summed E-state index contributed by atoms with van der Waals surface area (Å²) in [4.78, 5) is 0.